The quantitative estimate of drug-likeness (QED) is 0.162. The molecule has 1 nitrogen and oxygen atoms in total. The Hall–Kier alpha value is -6.44. The van der Waals surface area contributed by atoms with E-state index < -0.39 is 0 Å². The lowest BCUT2D eigenvalue weighted by atomic mass is 9.47. The Bertz CT molecular complexity index is 3100. The maximum absolute atomic E-state index is 2.67. The van der Waals surface area contributed by atoms with Crippen LogP contribution in [-0.2, 0) is 10.8 Å². The molecule has 306 valence electrons. The fraction of sp³-hybridized carbons (Fsp3) is 0.226. The minimum absolute atomic E-state index is 0.0582. The van der Waals surface area contributed by atoms with E-state index >= 15 is 0 Å². The van der Waals surface area contributed by atoms with Crippen LogP contribution in [-0.4, -0.2) is 0 Å². The number of benzene rings is 8. The van der Waals surface area contributed by atoms with Gasteiger partial charge in [0.05, 0.1) is 5.69 Å². The van der Waals surface area contributed by atoms with E-state index in [0.29, 0.717) is 5.92 Å². The van der Waals surface area contributed by atoms with E-state index in [2.05, 4.69) is 207 Å². The zero-order valence-electron chi connectivity index (χ0n) is 36.4. The molecule has 0 aliphatic heterocycles. The predicted octanol–water partition coefficient (Wildman–Crippen LogP) is 16.6. The highest BCUT2D eigenvalue weighted by Crippen LogP contribution is 2.67. The zero-order chi connectivity index (χ0) is 41.9. The molecular formula is C62H53N. The second-order valence-electron chi connectivity index (χ2n) is 20.0. The molecule has 0 heterocycles. The van der Waals surface area contributed by atoms with Gasteiger partial charge < -0.3 is 4.90 Å². The molecule has 3 bridgehead atoms. The van der Waals surface area contributed by atoms with E-state index in [1.807, 2.05) is 0 Å². The molecule has 0 radical (unpaired) electrons. The molecule has 8 aromatic rings. The molecule has 63 heavy (non-hydrogen) atoms. The first-order chi connectivity index (χ1) is 31.0. The molecule has 3 saturated carbocycles. The normalized spacial score (nSPS) is 22.9. The van der Waals surface area contributed by atoms with Gasteiger partial charge in [0.1, 0.15) is 0 Å². The third kappa shape index (κ3) is 5.48. The summed E-state index contributed by atoms with van der Waals surface area (Å²) in [5, 5.41) is 0. The second kappa shape index (κ2) is 14.0. The zero-order valence-corrected chi connectivity index (χ0v) is 36.4. The summed E-state index contributed by atoms with van der Waals surface area (Å²) in [6.07, 6.45) is 8.34. The summed E-state index contributed by atoms with van der Waals surface area (Å²) in [7, 11) is 0. The molecule has 5 atom stereocenters. The summed E-state index contributed by atoms with van der Waals surface area (Å²) in [5.41, 5.74) is 22.6. The Labute approximate surface area is 373 Å². The monoisotopic (exact) mass is 811 g/mol. The molecule has 5 unspecified atom stereocenters. The summed E-state index contributed by atoms with van der Waals surface area (Å²) >= 11 is 0. The molecule has 0 aromatic heterocycles. The number of rotatable bonds is 6. The van der Waals surface area contributed by atoms with Crippen molar-refractivity contribution in [2.45, 2.75) is 63.2 Å². The third-order valence-electron chi connectivity index (χ3n) is 16.7. The van der Waals surface area contributed by atoms with Crippen LogP contribution >= 0.6 is 0 Å². The SMILES string of the molecule is CC1(C)c2ccccc2-c2ccc(N(c3ccc4c(c3)C3(CC5CCC6CC5CC3C6)c3ccccc3-4)c3ccccc3-c3ccccc3-c3ccccc3-c3ccccc3)cc21. The highest BCUT2D eigenvalue weighted by Gasteiger charge is 2.57. The summed E-state index contributed by atoms with van der Waals surface area (Å²) < 4.78 is 0. The number of hydrogen-bond acceptors (Lipinski definition) is 1. The molecule has 0 N–H and O–H groups in total. The van der Waals surface area contributed by atoms with E-state index in [1.165, 1.54) is 122 Å². The average Bonchev–Trinajstić information content (AvgIpc) is 3.74. The lowest BCUT2D eigenvalue weighted by Crippen LogP contribution is -2.50. The molecule has 3 fully saturated rings. The lowest BCUT2D eigenvalue weighted by molar-refractivity contribution is -0.0103. The lowest BCUT2D eigenvalue weighted by Gasteiger charge is -2.57. The molecule has 13 rings (SSSR count). The van der Waals surface area contributed by atoms with Gasteiger partial charge in [-0.05, 0) is 158 Å². The van der Waals surface area contributed by atoms with Crippen LogP contribution in [0.1, 0.15) is 74.6 Å². The van der Waals surface area contributed by atoms with Gasteiger partial charge in [-0.25, -0.2) is 0 Å². The van der Waals surface area contributed by atoms with Gasteiger partial charge in [0.25, 0.3) is 0 Å². The van der Waals surface area contributed by atoms with Crippen molar-refractivity contribution in [2.75, 3.05) is 4.90 Å². The number of fused-ring (bicyclic) bond motifs is 11. The van der Waals surface area contributed by atoms with E-state index in [0.717, 1.165) is 17.8 Å². The van der Waals surface area contributed by atoms with Gasteiger partial charge in [-0.1, -0.05) is 178 Å². The van der Waals surface area contributed by atoms with Crippen molar-refractivity contribution in [2.24, 2.45) is 23.7 Å². The Morgan fingerprint density at radius 1 is 0.397 bits per heavy atom. The second-order valence-corrected chi connectivity index (χ2v) is 20.0. The van der Waals surface area contributed by atoms with Crippen LogP contribution in [0.15, 0.2) is 188 Å². The molecule has 8 aromatic carbocycles. The van der Waals surface area contributed by atoms with Gasteiger partial charge >= 0.3 is 0 Å². The summed E-state index contributed by atoms with van der Waals surface area (Å²) in [6.45, 7) is 4.82. The fourth-order valence-electron chi connectivity index (χ4n) is 13.9. The average molecular weight is 812 g/mol. The van der Waals surface area contributed by atoms with Gasteiger partial charge in [-0.2, -0.15) is 0 Å². The Morgan fingerprint density at radius 2 is 0.921 bits per heavy atom. The number of nitrogens with zero attached hydrogens (tertiary/aromatic N) is 1. The number of anilines is 3. The van der Waals surface area contributed by atoms with Gasteiger partial charge in [0.15, 0.2) is 0 Å². The fourth-order valence-corrected chi connectivity index (χ4v) is 13.9. The molecule has 0 saturated heterocycles. The van der Waals surface area contributed by atoms with Crippen molar-refractivity contribution in [3.8, 4) is 55.6 Å². The molecular weight excluding hydrogens is 759 g/mol. The van der Waals surface area contributed by atoms with Crippen LogP contribution in [0.2, 0.25) is 0 Å². The standard InChI is InChI=1S/C62H53N/c1-61(2)56-25-13-10-22-51(56)53-32-30-45(37-58(53)61)63(60-27-15-12-24-55(60)50-21-9-8-20-49(50)48-19-7-6-18-47(48)41-16-4-3-5-17-41)46-31-33-54-52-23-11-14-26-57(52)62(59(54)38-46)39-42-29-28-40-34-43(42)36-44(62)35-40/h3-27,30-33,37-38,40,42-44H,28-29,34-36,39H2,1-2H3. The predicted molar refractivity (Wildman–Crippen MR) is 263 cm³/mol. The number of para-hydroxylation sites is 1. The minimum atomic E-state index is -0.122. The van der Waals surface area contributed by atoms with Crippen LogP contribution in [0.4, 0.5) is 17.1 Å². The van der Waals surface area contributed by atoms with E-state index in [9.17, 15) is 0 Å². The van der Waals surface area contributed by atoms with Crippen molar-refractivity contribution >= 4 is 17.1 Å². The minimum Gasteiger partial charge on any atom is -0.310 e. The Kier molecular flexibility index (Phi) is 8.27. The van der Waals surface area contributed by atoms with Crippen LogP contribution < -0.4 is 4.90 Å². The van der Waals surface area contributed by atoms with Crippen LogP contribution in [0.3, 0.4) is 0 Å². The Balaban J connectivity index is 1.04. The largest absolute Gasteiger partial charge is 0.310 e. The van der Waals surface area contributed by atoms with Crippen molar-refractivity contribution in [1.82, 2.24) is 0 Å². The van der Waals surface area contributed by atoms with Gasteiger partial charge in [0, 0.05) is 27.8 Å². The Morgan fingerprint density at radius 3 is 1.65 bits per heavy atom. The smallest absolute Gasteiger partial charge is 0.0540 e. The molecule has 0 amide bonds. The first kappa shape index (κ1) is 37.1. The summed E-state index contributed by atoms with van der Waals surface area (Å²) in [4.78, 5) is 2.62. The van der Waals surface area contributed by atoms with E-state index in [4.69, 9.17) is 0 Å². The van der Waals surface area contributed by atoms with Gasteiger partial charge in [-0.3, -0.25) is 0 Å². The van der Waals surface area contributed by atoms with Crippen molar-refractivity contribution in [3.05, 3.63) is 210 Å². The van der Waals surface area contributed by atoms with Crippen molar-refractivity contribution < 1.29 is 0 Å². The topological polar surface area (TPSA) is 3.24 Å². The van der Waals surface area contributed by atoms with Crippen molar-refractivity contribution in [3.63, 3.8) is 0 Å². The third-order valence-corrected chi connectivity index (χ3v) is 16.7. The van der Waals surface area contributed by atoms with Crippen LogP contribution in [0.5, 0.6) is 0 Å². The number of hydrogen-bond donors (Lipinski definition) is 0. The van der Waals surface area contributed by atoms with E-state index in [1.54, 1.807) is 11.1 Å². The molecule has 1 spiro atoms. The van der Waals surface area contributed by atoms with E-state index in [-0.39, 0.29) is 10.8 Å². The van der Waals surface area contributed by atoms with Gasteiger partial charge in [-0.15, -0.1) is 0 Å². The molecule has 5 aliphatic rings. The maximum atomic E-state index is 2.67. The van der Waals surface area contributed by atoms with Gasteiger partial charge in [0.2, 0.25) is 0 Å². The maximum Gasteiger partial charge on any atom is 0.0540 e. The van der Waals surface area contributed by atoms with Crippen molar-refractivity contribution in [1.29, 1.82) is 0 Å². The highest BCUT2D eigenvalue weighted by atomic mass is 15.1. The van der Waals surface area contributed by atoms with Crippen LogP contribution in [0, 0.1) is 23.7 Å². The summed E-state index contributed by atoms with van der Waals surface area (Å²) in [6, 6.07) is 71.5. The van der Waals surface area contributed by atoms with Crippen LogP contribution in [0.25, 0.3) is 55.6 Å². The first-order valence-corrected chi connectivity index (χ1v) is 23.6. The first-order valence-electron chi connectivity index (χ1n) is 23.6. The highest BCUT2D eigenvalue weighted by molar-refractivity contribution is 5.98. The summed E-state index contributed by atoms with van der Waals surface area (Å²) in [5.74, 6) is 3.29. The molecule has 5 aliphatic carbocycles. The molecule has 1 heteroatoms.